The normalized spacial score (nSPS) is 16.8. The molecule has 0 fully saturated rings. The summed E-state index contributed by atoms with van der Waals surface area (Å²) in [4.78, 5) is 8.77. The molecule has 4 nitrogen and oxygen atoms in total. The Morgan fingerprint density at radius 1 is 1.33 bits per heavy atom. The Morgan fingerprint density at radius 2 is 2.17 bits per heavy atom. The number of ether oxygens (including phenoxy) is 1. The lowest BCUT2D eigenvalue weighted by Crippen LogP contribution is -2.28. The van der Waals surface area contributed by atoms with Crippen LogP contribution in [0.5, 0.6) is 0 Å². The number of rotatable bonds is 5. The topological polar surface area (TPSA) is 47.0 Å². The van der Waals surface area contributed by atoms with Crippen molar-refractivity contribution in [2.75, 3.05) is 24.9 Å². The van der Waals surface area contributed by atoms with E-state index in [1.165, 1.54) is 30.5 Å². The highest BCUT2D eigenvalue weighted by Gasteiger charge is 2.16. The van der Waals surface area contributed by atoms with Gasteiger partial charge < -0.3 is 10.1 Å². The third kappa shape index (κ3) is 3.33. The predicted molar refractivity (Wildman–Crippen MR) is 73.3 cm³/mol. The van der Waals surface area contributed by atoms with E-state index in [4.69, 9.17) is 16.3 Å². The van der Waals surface area contributed by atoms with Gasteiger partial charge in [-0.1, -0.05) is 6.42 Å². The van der Waals surface area contributed by atoms with Crippen LogP contribution in [-0.2, 0) is 17.6 Å². The number of anilines is 1. The van der Waals surface area contributed by atoms with Crippen LogP contribution in [0.4, 0.5) is 5.82 Å². The number of aromatic nitrogens is 2. The maximum absolute atomic E-state index is 5.93. The molecule has 1 heterocycles. The maximum atomic E-state index is 5.93. The second-order valence-corrected chi connectivity index (χ2v) is 4.97. The van der Waals surface area contributed by atoms with Crippen LogP contribution in [0.1, 0.15) is 30.5 Å². The molecule has 1 N–H and O–H groups in total. The minimum atomic E-state index is 0.0962. The van der Waals surface area contributed by atoms with Crippen LogP contribution in [0.2, 0.25) is 0 Å². The van der Waals surface area contributed by atoms with E-state index in [1.54, 1.807) is 13.4 Å². The molecule has 0 aromatic carbocycles. The number of nitrogens with zero attached hydrogens (tertiary/aromatic N) is 2. The van der Waals surface area contributed by atoms with Gasteiger partial charge in [0.05, 0.1) is 12.6 Å². The van der Waals surface area contributed by atoms with Crippen molar-refractivity contribution in [1.82, 2.24) is 9.97 Å². The fraction of sp³-hybridized carbons (Fsp3) is 0.692. The molecule has 0 saturated heterocycles. The molecular weight excluding hydrogens is 250 g/mol. The van der Waals surface area contributed by atoms with Gasteiger partial charge in [0.15, 0.2) is 0 Å². The fourth-order valence-corrected chi connectivity index (χ4v) is 2.51. The Bertz CT molecular complexity index is 386. The van der Waals surface area contributed by atoms with Crippen LogP contribution >= 0.6 is 11.6 Å². The van der Waals surface area contributed by atoms with Gasteiger partial charge in [0.1, 0.15) is 12.1 Å². The van der Waals surface area contributed by atoms with Crippen LogP contribution in [0, 0.1) is 0 Å². The second kappa shape index (κ2) is 6.90. The maximum Gasteiger partial charge on any atom is 0.133 e. The van der Waals surface area contributed by atoms with E-state index >= 15 is 0 Å². The molecule has 5 heteroatoms. The van der Waals surface area contributed by atoms with Crippen molar-refractivity contribution >= 4 is 17.4 Å². The van der Waals surface area contributed by atoms with E-state index in [0.29, 0.717) is 12.5 Å². The second-order valence-electron chi connectivity index (χ2n) is 4.66. The summed E-state index contributed by atoms with van der Waals surface area (Å²) < 4.78 is 5.15. The van der Waals surface area contributed by atoms with Gasteiger partial charge in [-0.3, -0.25) is 0 Å². The lowest BCUT2D eigenvalue weighted by Gasteiger charge is -2.18. The number of halogens is 1. The lowest BCUT2D eigenvalue weighted by molar-refractivity contribution is 0.191. The first-order valence-electron chi connectivity index (χ1n) is 6.49. The van der Waals surface area contributed by atoms with Gasteiger partial charge in [0, 0.05) is 24.2 Å². The lowest BCUT2D eigenvalue weighted by atomic mass is 10.1. The van der Waals surface area contributed by atoms with Crippen molar-refractivity contribution in [3.8, 4) is 0 Å². The smallest absolute Gasteiger partial charge is 0.133 e. The van der Waals surface area contributed by atoms with Crippen molar-refractivity contribution in [1.29, 1.82) is 0 Å². The Morgan fingerprint density at radius 3 is 2.94 bits per heavy atom. The highest BCUT2D eigenvalue weighted by molar-refractivity contribution is 6.18. The Hall–Kier alpha value is -0.870. The largest absolute Gasteiger partial charge is 0.383 e. The van der Waals surface area contributed by atoms with E-state index in [9.17, 15) is 0 Å². The van der Waals surface area contributed by atoms with Crippen molar-refractivity contribution in [2.45, 2.75) is 38.1 Å². The van der Waals surface area contributed by atoms with Gasteiger partial charge in [-0.2, -0.15) is 0 Å². The first kappa shape index (κ1) is 13.6. The highest BCUT2D eigenvalue weighted by Crippen LogP contribution is 2.24. The Kier molecular flexibility index (Phi) is 5.20. The van der Waals surface area contributed by atoms with Gasteiger partial charge in [0.2, 0.25) is 0 Å². The van der Waals surface area contributed by atoms with Crippen molar-refractivity contribution < 1.29 is 4.74 Å². The van der Waals surface area contributed by atoms with Crippen molar-refractivity contribution in [3.05, 3.63) is 17.6 Å². The molecule has 0 amide bonds. The molecule has 1 aliphatic rings. The first-order valence-corrected chi connectivity index (χ1v) is 7.02. The van der Waals surface area contributed by atoms with E-state index < -0.39 is 0 Å². The molecule has 1 atom stereocenters. The number of aryl methyl sites for hydroxylation is 1. The van der Waals surface area contributed by atoms with Gasteiger partial charge in [-0.15, -0.1) is 11.6 Å². The highest BCUT2D eigenvalue weighted by atomic mass is 35.5. The molecule has 2 rings (SSSR count). The zero-order valence-electron chi connectivity index (χ0n) is 10.8. The van der Waals surface area contributed by atoms with Crippen LogP contribution in [0.3, 0.4) is 0 Å². The minimum absolute atomic E-state index is 0.0962. The zero-order chi connectivity index (χ0) is 12.8. The van der Waals surface area contributed by atoms with E-state index in [0.717, 1.165) is 18.7 Å². The predicted octanol–water partition coefficient (Wildman–Crippen LogP) is 2.41. The van der Waals surface area contributed by atoms with Crippen molar-refractivity contribution in [3.63, 3.8) is 0 Å². The van der Waals surface area contributed by atoms with Gasteiger partial charge in [-0.25, -0.2) is 9.97 Å². The summed E-state index contributed by atoms with van der Waals surface area (Å²) in [7, 11) is 1.68. The van der Waals surface area contributed by atoms with E-state index in [1.807, 2.05) is 0 Å². The molecule has 1 aromatic rings. The standard InChI is InChI=1S/C13H20ClN3O/c1-18-8-10(7-14)17-13-11-5-3-2-4-6-12(11)15-9-16-13/h9-10H,2-8H2,1H3,(H,15,16,17). The minimum Gasteiger partial charge on any atom is -0.383 e. The molecule has 0 radical (unpaired) electrons. The molecule has 100 valence electrons. The Labute approximate surface area is 113 Å². The van der Waals surface area contributed by atoms with Gasteiger partial charge >= 0.3 is 0 Å². The van der Waals surface area contributed by atoms with E-state index in [-0.39, 0.29) is 6.04 Å². The molecule has 0 bridgehead atoms. The fourth-order valence-electron chi connectivity index (χ4n) is 2.34. The Balaban J connectivity index is 2.17. The van der Waals surface area contributed by atoms with Crippen LogP contribution in [0.25, 0.3) is 0 Å². The number of hydrogen-bond acceptors (Lipinski definition) is 4. The third-order valence-electron chi connectivity index (χ3n) is 3.27. The molecule has 1 aliphatic carbocycles. The molecule has 18 heavy (non-hydrogen) atoms. The number of methoxy groups -OCH3 is 1. The summed E-state index contributed by atoms with van der Waals surface area (Å²) in [5, 5.41) is 3.38. The quantitative estimate of drug-likeness (QED) is 0.659. The summed E-state index contributed by atoms with van der Waals surface area (Å²) in [6.07, 6.45) is 7.46. The number of hydrogen-bond donors (Lipinski definition) is 1. The van der Waals surface area contributed by atoms with Gasteiger partial charge in [0.25, 0.3) is 0 Å². The SMILES string of the molecule is COCC(CCl)Nc1ncnc2c1CCCCC2. The monoisotopic (exact) mass is 269 g/mol. The summed E-state index contributed by atoms with van der Waals surface area (Å²) in [6, 6.07) is 0.0962. The van der Waals surface area contributed by atoms with Crippen molar-refractivity contribution in [2.24, 2.45) is 0 Å². The average molecular weight is 270 g/mol. The summed E-state index contributed by atoms with van der Waals surface area (Å²) >= 11 is 5.93. The number of fused-ring (bicyclic) bond motifs is 1. The summed E-state index contributed by atoms with van der Waals surface area (Å²) in [5.74, 6) is 1.44. The third-order valence-corrected chi connectivity index (χ3v) is 3.64. The van der Waals surface area contributed by atoms with E-state index in [2.05, 4.69) is 15.3 Å². The number of alkyl halides is 1. The first-order chi connectivity index (χ1) is 8.85. The van der Waals surface area contributed by atoms with Crippen LogP contribution in [-0.4, -0.2) is 35.6 Å². The van der Waals surface area contributed by atoms with Gasteiger partial charge in [-0.05, 0) is 25.7 Å². The molecular formula is C13H20ClN3O. The summed E-state index contributed by atoms with van der Waals surface area (Å²) in [6.45, 7) is 0.586. The molecule has 1 unspecified atom stereocenters. The van der Waals surface area contributed by atoms with Crippen LogP contribution < -0.4 is 5.32 Å². The van der Waals surface area contributed by atoms with Crippen LogP contribution in [0.15, 0.2) is 6.33 Å². The molecule has 0 saturated carbocycles. The average Bonchev–Trinajstić information content (AvgIpc) is 2.64. The summed E-state index contributed by atoms with van der Waals surface area (Å²) in [5.41, 5.74) is 2.46. The molecule has 0 aliphatic heterocycles. The molecule has 0 spiro atoms. The molecule has 1 aromatic heterocycles. The zero-order valence-corrected chi connectivity index (χ0v) is 11.5. The number of nitrogens with one attached hydrogen (secondary N) is 1.